The third-order valence-corrected chi connectivity index (χ3v) is 5.41. The van der Waals surface area contributed by atoms with Gasteiger partial charge < -0.3 is 10.4 Å². The lowest BCUT2D eigenvalue weighted by molar-refractivity contribution is 0.0696. The van der Waals surface area contributed by atoms with Crippen LogP contribution < -0.4 is 10.6 Å². The van der Waals surface area contributed by atoms with Crippen LogP contribution in [-0.4, -0.2) is 37.8 Å². The highest BCUT2D eigenvalue weighted by Gasteiger charge is 2.22. The lowest BCUT2D eigenvalue weighted by Gasteiger charge is -2.15. The molecule has 4 aromatic rings. The predicted octanol–water partition coefficient (Wildman–Crippen LogP) is 4.83. The number of carboxylic acids is 1. The van der Waals surface area contributed by atoms with E-state index in [4.69, 9.17) is 11.6 Å². The van der Waals surface area contributed by atoms with Gasteiger partial charge in [-0.2, -0.15) is 0 Å². The van der Waals surface area contributed by atoms with Crippen molar-refractivity contribution in [3.63, 3.8) is 0 Å². The van der Waals surface area contributed by atoms with Gasteiger partial charge in [0.1, 0.15) is 5.82 Å². The van der Waals surface area contributed by atoms with Gasteiger partial charge in [-0.05, 0) is 43.3 Å². The van der Waals surface area contributed by atoms with Crippen LogP contribution in [0.3, 0.4) is 0 Å². The molecule has 0 atom stereocenters. The Morgan fingerprint density at radius 2 is 1.61 bits per heavy atom. The van der Waals surface area contributed by atoms with Crippen molar-refractivity contribution in [3.05, 3.63) is 94.3 Å². The zero-order valence-corrected chi connectivity index (χ0v) is 19.2. The van der Waals surface area contributed by atoms with Crippen LogP contribution in [-0.2, 0) is 0 Å². The molecule has 9 nitrogen and oxygen atoms in total. The highest BCUT2D eigenvalue weighted by molar-refractivity contribution is 6.34. The zero-order valence-electron chi connectivity index (χ0n) is 18.4. The van der Waals surface area contributed by atoms with Gasteiger partial charge in [0.2, 0.25) is 0 Å². The van der Waals surface area contributed by atoms with Crippen molar-refractivity contribution in [2.75, 3.05) is 5.32 Å². The number of urea groups is 1. The Labute approximate surface area is 207 Å². The molecule has 182 valence electrons. The first-order chi connectivity index (χ1) is 17.2. The third-order valence-electron chi connectivity index (χ3n) is 5.10. The van der Waals surface area contributed by atoms with Crippen molar-refractivity contribution in [1.82, 2.24) is 20.1 Å². The van der Waals surface area contributed by atoms with E-state index in [-0.39, 0.29) is 22.1 Å². The summed E-state index contributed by atoms with van der Waals surface area (Å²) in [6.07, 6.45) is 0. The fourth-order valence-electron chi connectivity index (χ4n) is 3.48. The van der Waals surface area contributed by atoms with Crippen LogP contribution in [0.15, 0.2) is 60.7 Å². The van der Waals surface area contributed by atoms with E-state index in [1.807, 2.05) is 5.32 Å². The maximum absolute atomic E-state index is 13.5. The van der Waals surface area contributed by atoms with Gasteiger partial charge in [0, 0.05) is 5.56 Å². The number of aromatic carboxylic acids is 1. The molecular weight excluding hydrogens is 496 g/mol. The maximum Gasteiger partial charge on any atom is 0.337 e. The molecule has 36 heavy (non-hydrogen) atoms. The molecule has 3 N–H and O–H groups in total. The number of nitrogens with one attached hydrogen (secondary N) is 2. The standard InChI is InChI=1S/C24H16ClF2N5O4/c1-12-30-31-21(32(12)20-9-5-3-7-14(20)23(34)35)13-6-2-4-8-19(13)28-24(36)29-22(33)15-10-17(26)18(27)11-16(15)25/h2-11H,1H3,(H,34,35)(H2,28,29,33,36). The fraction of sp³-hybridized carbons (Fsp3) is 0.0417. The zero-order chi connectivity index (χ0) is 26.0. The monoisotopic (exact) mass is 511 g/mol. The van der Waals surface area contributed by atoms with Crippen molar-refractivity contribution < 1.29 is 28.3 Å². The van der Waals surface area contributed by atoms with Crippen molar-refractivity contribution in [1.29, 1.82) is 0 Å². The van der Waals surface area contributed by atoms with Crippen LogP contribution in [0.25, 0.3) is 17.1 Å². The molecule has 3 amide bonds. The number of anilines is 1. The van der Waals surface area contributed by atoms with Gasteiger partial charge in [-0.1, -0.05) is 35.9 Å². The van der Waals surface area contributed by atoms with Gasteiger partial charge >= 0.3 is 12.0 Å². The van der Waals surface area contributed by atoms with E-state index in [1.54, 1.807) is 43.3 Å². The topological polar surface area (TPSA) is 126 Å². The minimum absolute atomic E-state index is 0.0128. The molecule has 0 aliphatic heterocycles. The van der Waals surface area contributed by atoms with Gasteiger partial charge in [-0.3, -0.25) is 14.7 Å². The Balaban J connectivity index is 1.66. The van der Waals surface area contributed by atoms with Crippen LogP contribution >= 0.6 is 11.6 Å². The molecule has 4 rings (SSSR count). The van der Waals surface area contributed by atoms with Crippen LogP contribution in [0.4, 0.5) is 19.3 Å². The number of amides is 3. The summed E-state index contributed by atoms with van der Waals surface area (Å²) in [7, 11) is 0. The molecule has 0 spiro atoms. The molecule has 0 aliphatic rings. The summed E-state index contributed by atoms with van der Waals surface area (Å²) in [6, 6.07) is 12.9. The summed E-state index contributed by atoms with van der Waals surface area (Å²) >= 11 is 5.80. The Morgan fingerprint density at radius 1 is 0.944 bits per heavy atom. The minimum atomic E-state index is -1.30. The molecule has 0 fully saturated rings. The highest BCUT2D eigenvalue weighted by atomic mass is 35.5. The summed E-state index contributed by atoms with van der Waals surface area (Å²) in [5, 5.41) is 22.0. The summed E-state index contributed by atoms with van der Waals surface area (Å²) < 4.78 is 28.3. The number of imide groups is 1. The average molecular weight is 512 g/mol. The van der Waals surface area contributed by atoms with E-state index in [2.05, 4.69) is 15.5 Å². The molecule has 0 unspecified atom stereocenters. The van der Waals surface area contributed by atoms with E-state index in [9.17, 15) is 28.3 Å². The Hall–Kier alpha value is -4.64. The van der Waals surface area contributed by atoms with Gasteiger partial charge in [-0.25, -0.2) is 18.4 Å². The van der Waals surface area contributed by atoms with Crippen molar-refractivity contribution in [2.24, 2.45) is 0 Å². The predicted molar refractivity (Wildman–Crippen MR) is 126 cm³/mol. The van der Waals surface area contributed by atoms with E-state index >= 15 is 0 Å². The Bertz CT molecular complexity index is 1520. The number of para-hydroxylation sites is 2. The number of aromatic nitrogens is 3. The quantitative estimate of drug-likeness (QED) is 0.329. The lowest BCUT2D eigenvalue weighted by Crippen LogP contribution is -2.34. The molecule has 0 saturated heterocycles. The first-order valence-corrected chi connectivity index (χ1v) is 10.7. The van der Waals surface area contributed by atoms with Crippen LogP contribution in [0, 0.1) is 18.6 Å². The van der Waals surface area contributed by atoms with E-state index < -0.39 is 35.1 Å². The number of carbonyl (C=O) groups excluding carboxylic acids is 2. The van der Waals surface area contributed by atoms with Gasteiger partial charge in [0.25, 0.3) is 5.91 Å². The normalized spacial score (nSPS) is 10.7. The highest BCUT2D eigenvalue weighted by Crippen LogP contribution is 2.30. The molecule has 3 aromatic carbocycles. The molecule has 0 saturated carbocycles. The van der Waals surface area contributed by atoms with Crippen LogP contribution in [0.1, 0.15) is 26.5 Å². The lowest BCUT2D eigenvalue weighted by atomic mass is 10.1. The Morgan fingerprint density at radius 3 is 2.36 bits per heavy atom. The molecule has 0 bridgehead atoms. The number of hydrogen-bond donors (Lipinski definition) is 3. The van der Waals surface area contributed by atoms with Gasteiger partial charge in [-0.15, -0.1) is 10.2 Å². The summed E-state index contributed by atoms with van der Waals surface area (Å²) in [6.45, 7) is 1.64. The second-order valence-electron chi connectivity index (χ2n) is 7.43. The molecule has 0 aliphatic carbocycles. The number of carbonyl (C=O) groups is 3. The smallest absolute Gasteiger partial charge is 0.337 e. The van der Waals surface area contributed by atoms with Gasteiger partial charge in [0.15, 0.2) is 17.5 Å². The molecular formula is C24H16ClF2N5O4. The molecule has 12 heteroatoms. The van der Waals surface area contributed by atoms with Crippen LogP contribution in [0.5, 0.6) is 0 Å². The third kappa shape index (κ3) is 4.77. The van der Waals surface area contributed by atoms with Crippen molar-refractivity contribution in [2.45, 2.75) is 6.92 Å². The fourth-order valence-corrected chi connectivity index (χ4v) is 3.72. The SMILES string of the molecule is Cc1nnc(-c2ccccc2NC(=O)NC(=O)c2cc(F)c(F)cc2Cl)n1-c1ccccc1C(=O)O. The van der Waals surface area contributed by atoms with E-state index in [1.165, 1.54) is 16.7 Å². The number of nitrogens with zero attached hydrogens (tertiary/aromatic N) is 3. The number of hydrogen-bond acceptors (Lipinski definition) is 5. The minimum Gasteiger partial charge on any atom is -0.478 e. The first-order valence-electron chi connectivity index (χ1n) is 10.3. The van der Waals surface area contributed by atoms with Crippen LogP contribution in [0.2, 0.25) is 5.02 Å². The Kier molecular flexibility index (Phi) is 6.75. The number of halogens is 3. The molecule has 1 aromatic heterocycles. The summed E-state index contributed by atoms with van der Waals surface area (Å²) in [5.41, 5.74) is 0.468. The first kappa shape index (κ1) is 24.5. The number of benzene rings is 3. The summed E-state index contributed by atoms with van der Waals surface area (Å²) in [5.74, 6) is -4.12. The average Bonchev–Trinajstić information content (AvgIpc) is 3.22. The van der Waals surface area contributed by atoms with E-state index in [0.29, 0.717) is 29.2 Å². The largest absolute Gasteiger partial charge is 0.478 e. The number of carboxylic acid groups (broad SMARTS) is 1. The summed E-state index contributed by atoms with van der Waals surface area (Å²) in [4.78, 5) is 36.7. The van der Waals surface area contributed by atoms with Crippen molar-refractivity contribution in [3.8, 4) is 17.1 Å². The number of aryl methyl sites for hydroxylation is 1. The molecule has 1 heterocycles. The maximum atomic E-state index is 13.5. The second kappa shape index (κ2) is 9.92. The van der Waals surface area contributed by atoms with Gasteiger partial charge in [0.05, 0.1) is 27.5 Å². The second-order valence-corrected chi connectivity index (χ2v) is 7.84. The number of rotatable bonds is 5. The molecule has 0 radical (unpaired) electrons. The van der Waals surface area contributed by atoms with Crippen molar-refractivity contribution >= 4 is 35.2 Å². The van der Waals surface area contributed by atoms with E-state index in [0.717, 1.165) is 0 Å².